The zero-order valence-corrected chi connectivity index (χ0v) is 10.3. The molecule has 3 N–H and O–H groups in total. The van der Waals surface area contributed by atoms with E-state index in [0.29, 0.717) is 17.5 Å². The Morgan fingerprint density at radius 2 is 2.24 bits per heavy atom. The van der Waals surface area contributed by atoms with Gasteiger partial charge in [0, 0.05) is 0 Å². The second kappa shape index (κ2) is 4.73. The average Bonchev–Trinajstić information content (AvgIpc) is 2.32. The van der Waals surface area contributed by atoms with Crippen LogP contribution in [-0.2, 0) is 0 Å². The number of hydrogen-bond donors (Lipinski definition) is 2. The Hall–Kier alpha value is -1.58. The first-order valence-corrected chi connectivity index (χ1v) is 6.08. The van der Waals surface area contributed by atoms with Gasteiger partial charge in [-0.15, -0.1) is 0 Å². The summed E-state index contributed by atoms with van der Waals surface area (Å²) >= 11 is 0. The van der Waals surface area contributed by atoms with E-state index >= 15 is 0 Å². The van der Waals surface area contributed by atoms with Crippen LogP contribution in [0, 0.1) is 11.8 Å². The van der Waals surface area contributed by atoms with E-state index in [0.717, 1.165) is 18.5 Å². The van der Waals surface area contributed by atoms with E-state index in [2.05, 4.69) is 24.1 Å². The summed E-state index contributed by atoms with van der Waals surface area (Å²) in [5, 5.41) is 18.2. The molecule has 2 rings (SSSR count). The van der Waals surface area contributed by atoms with E-state index < -0.39 is 0 Å². The molecule has 0 fully saturated rings. The number of benzene rings is 1. The quantitative estimate of drug-likeness (QED) is 0.608. The van der Waals surface area contributed by atoms with Gasteiger partial charge in [-0.05, 0) is 29.5 Å². The molecular formula is C13H19N3O. The molecule has 1 aromatic carbocycles. The van der Waals surface area contributed by atoms with Crippen molar-refractivity contribution in [3.63, 3.8) is 0 Å². The molecule has 0 radical (unpaired) electrons. The average molecular weight is 233 g/mol. The van der Waals surface area contributed by atoms with Gasteiger partial charge in [0.25, 0.3) is 0 Å². The lowest BCUT2D eigenvalue weighted by molar-refractivity contribution is 0.260. The monoisotopic (exact) mass is 233 g/mol. The Balaban J connectivity index is 2.34. The van der Waals surface area contributed by atoms with Gasteiger partial charge in [0.15, 0.2) is 0 Å². The standard InChI is InChI=1S/C13H19N3O/c1-3-10-8(2)7-15-16-13(10)9-4-5-11(14)12(17)6-9/h4-6,8,10,13,17H,3,7,14H2,1-2H3. The summed E-state index contributed by atoms with van der Waals surface area (Å²) in [5.74, 6) is 1.14. The Labute approximate surface area is 102 Å². The molecule has 17 heavy (non-hydrogen) atoms. The second-order valence-corrected chi connectivity index (χ2v) is 4.75. The third-order valence-electron chi connectivity index (χ3n) is 3.58. The molecule has 4 nitrogen and oxygen atoms in total. The number of aromatic hydroxyl groups is 1. The highest BCUT2D eigenvalue weighted by Gasteiger charge is 2.29. The molecule has 0 amide bonds. The van der Waals surface area contributed by atoms with Gasteiger partial charge in [0.2, 0.25) is 0 Å². The van der Waals surface area contributed by atoms with E-state index in [1.165, 1.54) is 0 Å². The van der Waals surface area contributed by atoms with Gasteiger partial charge in [0.1, 0.15) is 5.75 Å². The van der Waals surface area contributed by atoms with Crippen LogP contribution >= 0.6 is 0 Å². The van der Waals surface area contributed by atoms with Crippen molar-refractivity contribution in [2.45, 2.75) is 26.3 Å². The van der Waals surface area contributed by atoms with Gasteiger partial charge in [-0.1, -0.05) is 26.3 Å². The summed E-state index contributed by atoms with van der Waals surface area (Å²) in [6.07, 6.45) is 1.07. The molecule has 4 heteroatoms. The number of nitrogens with two attached hydrogens (primary N) is 1. The molecule has 3 unspecified atom stereocenters. The number of hydrogen-bond acceptors (Lipinski definition) is 4. The zero-order valence-electron chi connectivity index (χ0n) is 10.3. The molecule has 0 aromatic heterocycles. The van der Waals surface area contributed by atoms with Crippen molar-refractivity contribution in [2.75, 3.05) is 12.3 Å². The Bertz CT molecular complexity index is 431. The molecule has 92 valence electrons. The minimum absolute atomic E-state index is 0.0512. The zero-order chi connectivity index (χ0) is 12.4. The van der Waals surface area contributed by atoms with Crippen LogP contribution in [0.15, 0.2) is 28.4 Å². The Kier molecular flexibility index (Phi) is 3.31. The summed E-state index contributed by atoms with van der Waals surface area (Å²) < 4.78 is 0. The van der Waals surface area contributed by atoms with E-state index in [1.54, 1.807) is 12.1 Å². The van der Waals surface area contributed by atoms with Crippen molar-refractivity contribution in [3.05, 3.63) is 23.8 Å². The van der Waals surface area contributed by atoms with Crippen molar-refractivity contribution in [1.29, 1.82) is 0 Å². The topological polar surface area (TPSA) is 71.0 Å². The van der Waals surface area contributed by atoms with E-state index in [4.69, 9.17) is 5.73 Å². The van der Waals surface area contributed by atoms with E-state index in [-0.39, 0.29) is 11.8 Å². The van der Waals surface area contributed by atoms with Crippen LogP contribution in [0.5, 0.6) is 5.75 Å². The molecule has 1 aliphatic rings. The number of rotatable bonds is 2. The van der Waals surface area contributed by atoms with E-state index in [1.807, 2.05) is 6.07 Å². The smallest absolute Gasteiger partial charge is 0.138 e. The first kappa shape index (κ1) is 11.9. The molecule has 1 heterocycles. The molecule has 0 bridgehead atoms. The lowest BCUT2D eigenvalue weighted by Crippen LogP contribution is -2.24. The van der Waals surface area contributed by atoms with Crippen LogP contribution < -0.4 is 5.73 Å². The van der Waals surface area contributed by atoms with Gasteiger partial charge < -0.3 is 10.8 Å². The van der Waals surface area contributed by atoms with Crippen LogP contribution in [0.25, 0.3) is 0 Å². The SMILES string of the molecule is CCC1C(C)CN=NC1c1ccc(N)c(O)c1. The van der Waals surface area contributed by atoms with Crippen molar-refractivity contribution in [1.82, 2.24) is 0 Å². The van der Waals surface area contributed by atoms with Crippen LogP contribution in [0.1, 0.15) is 31.9 Å². The molecule has 3 atom stereocenters. The minimum Gasteiger partial charge on any atom is -0.506 e. The number of azo groups is 1. The predicted molar refractivity (Wildman–Crippen MR) is 67.9 cm³/mol. The fourth-order valence-corrected chi connectivity index (χ4v) is 2.48. The highest BCUT2D eigenvalue weighted by atomic mass is 16.3. The van der Waals surface area contributed by atoms with Crippen LogP contribution in [0.2, 0.25) is 0 Å². The van der Waals surface area contributed by atoms with Crippen LogP contribution in [0.3, 0.4) is 0 Å². The van der Waals surface area contributed by atoms with Crippen molar-refractivity contribution < 1.29 is 5.11 Å². The number of nitrogen functional groups attached to an aromatic ring is 1. The van der Waals surface area contributed by atoms with Crippen molar-refractivity contribution >= 4 is 5.69 Å². The normalized spacial score (nSPS) is 28.2. The van der Waals surface area contributed by atoms with Gasteiger partial charge in [-0.2, -0.15) is 10.2 Å². The van der Waals surface area contributed by atoms with Gasteiger partial charge >= 0.3 is 0 Å². The highest BCUT2D eigenvalue weighted by molar-refractivity contribution is 5.53. The van der Waals surface area contributed by atoms with Crippen molar-refractivity contribution in [3.8, 4) is 5.75 Å². The summed E-state index contributed by atoms with van der Waals surface area (Å²) in [6.45, 7) is 5.18. The second-order valence-electron chi connectivity index (χ2n) is 4.75. The largest absolute Gasteiger partial charge is 0.506 e. The van der Waals surface area contributed by atoms with Crippen molar-refractivity contribution in [2.24, 2.45) is 22.1 Å². The highest BCUT2D eigenvalue weighted by Crippen LogP contribution is 2.39. The summed E-state index contributed by atoms with van der Waals surface area (Å²) in [7, 11) is 0. The van der Waals surface area contributed by atoms with Gasteiger partial charge in [-0.3, -0.25) is 0 Å². The first-order valence-electron chi connectivity index (χ1n) is 6.08. The Morgan fingerprint density at radius 1 is 1.47 bits per heavy atom. The third-order valence-corrected chi connectivity index (χ3v) is 3.58. The first-order chi connectivity index (χ1) is 8.13. The maximum atomic E-state index is 9.66. The number of anilines is 1. The lowest BCUT2D eigenvalue weighted by Gasteiger charge is -2.30. The maximum Gasteiger partial charge on any atom is 0.138 e. The minimum atomic E-state index is 0.0512. The summed E-state index contributed by atoms with van der Waals surface area (Å²) in [5.41, 5.74) is 7.01. The third kappa shape index (κ3) is 2.25. The molecular weight excluding hydrogens is 214 g/mol. The molecule has 0 spiro atoms. The molecule has 0 saturated heterocycles. The fourth-order valence-electron chi connectivity index (χ4n) is 2.48. The number of phenolic OH excluding ortho intramolecular Hbond substituents is 1. The molecule has 0 saturated carbocycles. The number of nitrogens with zero attached hydrogens (tertiary/aromatic N) is 2. The van der Waals surface area contributed by atoms with Gasteiger partial charge in [0.05, 0.1) is 18.3 Å². The number of phenols is 1. The molecule has 0 aliphatic carbocycles. The summed E-state index contributed by atoms with van der Waals surface area (Å²) in [6, 6.07) is 5.42. The fraction of sp³-hybridized carbons (Fsp3) is 0.538. The van der Waals surface area contributed by atoms with E-state index in [9.17, 15) is 5.11 Å². The molecule has 1 aromatic rings. The predicted octanol–water partition coefficient (Wildman–Crippen LogP) is 3.14. The van der Waals surface area contributed by atoms with Gasteiger partial charge in [-0.25, -0.2) is 0 Å². The maximum absolute atomic E-state index is 9.66. The molecule has 1 aliphatic heterocycles. The summed E-state index contributed by atoms with van der Waals surface area (Å²) in [4.78, 5) is 0. The Morgan fingerprint density at radius 3 is 2.88 bits per heavy atom. The van der Waals surface area contributed by atoms with Crippen LogP contribution in [0.4, 0.5) is 5.69 Å². The van der Waals surface area contributed by atoms with Crippen LogP contribution in [-0.4, -0.2) is 11.7 Å². The lowest BCUT2D eigenvalue weighted by atomic mass is 9.81.